The summed E-state index contributed by atoms with van der Waals surface area (Å²) in [7, 11) is 0. The van der Waals surface area contributed by atoms with Crippen molar-refractivity contribution >= 4 is 22.7 Å². The second-order valence-electron chi connectivity index (χ2n) is 5.78. The van der Waals surface area contributed by atoms with Crippen LogP contribution in [0.15, 0.2) is 0 Å². The van der Waals surface area contributed by atoms with E-state index >= 15 is 0 Å². The minimum atomic E-state index is -4.37. The summed E-state index contributed by atoms with van der Waals surface area (Å²) >= 11 is 2.53. The average molecular weight is 376 g/mol. The van der Waals surface area contributed by atoms with E-state index in [1.165, 1.54) is 22.7 Å². The molecule has 0 radical (unpaired) electrons. The van der Waals surface area contributed by atoms with Crippen LogP contribution >= 0.6 is 22.7 Å². The SMILES string of the molecule is CCCCc1c(C)sc(-c2sc(C)c3c2OCCO3)c1C(F)(F)F. The zero-order chi connectivity index (χ0) is 17.5. The zero-order valence-electron chi connectivity index (χ0n) is 13.8. The molecule has 0 bridgehead atoms. The summed E-state index contributed by atoms with van der Waals surface area (Å²) in [5.74, 6) is 1.06. The molecule has 2 nitrogen and oxygen atoms in total. The van der Waals surface area contributed by atoms with Gasteiger partial charge in [0.05, 0.1) is 15.3 Å². The van der Waals surface area contributed by atoms with Gasteiger partial charge in [-0.25, -0.2) is 0 Å². The van der Waals surface area contributed by atoms with Crippen LogP contribution in [-0.2, 0) is 12.6 Å². The smallest absolute Gasteiger partial charge is 0.418 e. The lowest BCUT2D eigenvalue weighted by Crippen LogP contribution is -2.15. The highest BCUT2D eigenvalue weighted by atomic mass is 32.1. The van der Waals surface area contributed by atoms with E-state index in [1.54, 1.807) is 6.92 Å². The van der Waals surface area contributed by atoms with Crippen molar-refractivity contribution in [2.24, 2.45) is 0 Å². The molecule has 7 heteroatoms. The van der Waals surface area contributed by atoms with Crippen LogP contribution in [-0.4, -0.2) is 13.2 Å². The van der Waals surface area contributed by atoms with Gasteiger partial charge in [0.2, 0.25) is 0 Å². The Kier molecular flexibility index (Phi) is 4.84. The number of aryl methyl sites for hydroxylation is 2. The summed E-state index contributed by atoms with van der Waals surface area (Å²) in [4.78, 5) is 2.41. The molecule has 0 aliphatic carbocycles. The Bertz CT molecular complexity index is 744. The highest BCUT2D eigenvalue weighted by molar-refractivity contribution is 7.22. The van der Waals surface area contributed by atoms with Crippen molar-refractivity contribution in [3.05, 3.63) is 20.9 Å². The van der Waals surface area contributed by atoms with Crippen LogP contribution in [0.5, 0.6) is 11.5 Å². The summed E-state index contributed by atoms with van der Waals surface area (Å²) in [5, 5.41) is 0. The third-order valence-corrected chi connectivity index (χ3v) is 6.42. The minimum Gasteiger partial charge on any atom is -0.485 e. The first-order valence-corrected chi connectivity index (χ1v) is 9.56. The van der Waals surface area contributed by atoms with Crippen LogP contribution in [0.3, 0.4) is 0 Å². The maximum atomic E-state index is 13.8. The molecule has 0 unspecified atom stereocenters. The lowest BCUT2D eigenvalue weighted by Gasteiger charge is -2.17. The molecular formula is C17H19F3O2S2. The molecule has 0 N–H and O–H groups in total. The topological polar surface area (TPSA) is 18.5 Å². The zero-order valence-corrected chi connectivity index (χ0v) is 15.4. The van der Waals surface area contributed by atoms with Gasteiger partial charge >= 0.3 is 6.18 Å². The van der Waals surface area contributed by atoms with Gasteiger partial charge in [0.1, 0.15) is 13.2 Å². The van der Waals surface area contributed by atoms with E-state index in [0.717, 1.165) is 22.6 Å². The van der Waals surface area contributed by atoms with Gasteiger partial charge in [-0.3, -0.25) is 0 Å². The molecule has 2 aromatic rings. The van der Waals surface area contributed by atoms with Crippen LogP contribution in [0.2, 0.25) is 0 Å². The number of unbranched alkanes of at least 4 members (excludes halogenated alkanes) is 1. The maximum Gasteiger partial charge on any atom is 0.418 e. The predicted molar refractivity (Wildman–Crippen MR) is 91.7 cm³/mol. The normalized spacial score (nSPS) is 14.2. The van der Waals surface area contributed by atoms with Crippen LogP contribution < -0.4 is 9.47 Å². The predicted octanol–water partition coefficient (Wildman–Crippen LogP) is 6.23. The van der Waals surface area contributed by atoms with Crippen molar-refractivity contribution in [2.75, 3.05) is 13.2 Å². The van der Waals surface area contributed by atoms with Crippen LogP contribution in [0.1, 0.15) is 40.6 Å². The van der Waals surface area contributed by atoms with Crippen LogP contribution in [0.4, 0.5) is 13.2 Å². The lowest BCUT2D eigenvalue weighted by atomic mass is 10.0. The molecule has 3 rings (SSSR count). The molecule has 132 valence electrons. The fraction of sp³-hybridized carbons (Fsp3) is 0.529. The van der Waals surface area contributed by atoms with E-state index in [1.807, 2.05) is 13.8 Å². The van der Waals surface area contributed by atoms with Crippen molar-refractivity contribution in [1.29, 1.82) is 0 Å². The van der Waals surface area contributed by atoms with E-state index < -0.39 is 11.7 Å². The molecule has 0 atom stereocenters. The van der Waals surface area contributed by atoms with Crippen molar-refractivity contribution in [1.82, 2.24) is 0 Å². The molecule has 1 aliphatic rings. The molecule has 0 amide bonds. The van der Waals surface area contributed by atoms with Gasteiger partial charge in [0.25, 0.3) is 0 Å². The number of alkyl halides is 3. The van der Waals surface area contributed by atoms with Gasteiger partial charge in [0.15, 0.2) is 11.5 Å². The van der Waals surface area contributed by atoms with Crippen molar-refractivity contribution in [2.45, 2.75) is 46.2 Å². The summed E-state index contributed by atoms with van der Waals surface area (Å²) < 4.78 is 52.7. The Morgan fingerprint density at radius 2 is 1.58 bits per heavy atom. The number of hydrogen-bond donors (Lipinski definition) is 0. The van der Waals surface area contributed by atoms with Crippen LogP contribution in [0.25, 0.3) is 9.75 Å². The second-order valence-corrected chi connectivity index (χ2v) is 8.23. The van der Waals surface area contributed by atoms with E-state index in [-0.39, 0.29) is 4.88 Å². The summed E-state index contributed by atoms with van der Waals surface area (Å²) in [5.41, 5.74) is -0.0578. The third-order valence-electron chi connectivity index (χ3n) is 4.04. The van der Waals surface area contributed by atoms with Crippen molar-refractivity contribution < 1.29 is 22.6 Å². The fourth-order valence-electron chi connectivity index (χ4n) is 2.94. The number of hydrogen-bond acceptors (Lipinski definition) is 4. The highest BCUT2D eigenvalue weighted by Crippen LogP contribution is 2.55. The van der Waals surface area contributed by atoms with Gasteiger partial charge in [-0.1, -0.05) is 13.3 Å². The van der Waals surface area contributed by atoms with Gasteiger partial charge in [-0.2, -0.15) is 13.2 Å². The molecule has 1 aliphatic heterocycles. The number of fused-ring (bicyclic) bond motifs is 1. The molecule has 0 saturated carbocycles. The fourth-order valence-corrected chi connectivity index (χ4v) is 5.34. The van der Waals surface area contributed by atoms with E-state index in [2.05, 4.69) is 0 Å². The minimum absolute atomic E-state index is 0.269. The van der Waals surface area contributed by atoms with Crippen molar-refractivity contribution in [3.8, 4) is 21.3 Å². The molecule has 3 heterocycles. The number of thiophene rings is 2. The largest absolute Gasteiger partial charge is 0.485 e. The number of ether oxygens (including phenoxy) is 2. The molecular weight excluding hydrogens is 357 g/mol. The van der Waals surface area contributed by atoms with E-state index in [9.17, 15) is 13.2 Å². The first-order valence-electron chi connectivity index (χ1n) is 7.93. The second kappa shape index (κ2) is 6.59. The van der Waals surface area contributed by atoms with Gasteiger partial charge < -0.3 is 9.47 Å². The Balaban J connectivity index is 2.18. The third kappa shape index (κ3) is 3.04. The van der Waals surface area contributed by atoms with E-state index in [0.29, 0.717) is 41.6 Å². The van der Waals surface area contributed by atoms with Gasteiger partial charge in [0, 0.05) is 9.75 Å². The van der Waals surface area contributed by atoms with Crippen molar-refractivity contribution in [3.63, 3.8) is 0 Å². The quantitative estimate of drug-likeness (QED) is 0.630. The molecule has 0 spiro atoms. The van der Waals surface area contributed by atoms with Gasteiger partial charge in [-0.05, 0) is 32.3 Å². The molecule has 0 saturated heterocycles. The Morgan fingerprint density at radius 3 is 2.21 bits per heavy atom. The Morgan fingerprint density at radius 1 is 0.958 bits per heavy atom. The Hall–Kier alpha value is -1.21. The van der Waals surface area contributed by atoms with E-state index in [4.69, 9.17) is 9.47 Å². The van der Waals surface area contributed by atoms with Crippen LogP contribution in [0, 0.1) is 13.8 Å². The molecule has 2 aromatic heterocycles. The average Bonchev–Trinajstić information content (AvgIpc) is 3.03. The standard InChI is InChI=1S/C17H19F3O2S2/c1-4-5-6-11-9(2)23-15(12(11)17(18,19)20)16-14-13(10(3)24-16)21-7-8-22-14/h4-8H2,1-3H3. The first kappa shape index (κ1) is 17.6. The summed E-state index contributed by atoms with van der Waals surface area (Å²) in [6.07, 6.45) is -2.30. The first-order chi connectivity index (χ1) is 11.3. The van der Waals surface area contributed by atoms with Gasteiger partial charge in [-0.15, -0.1) is 22.7 Å². The Labute approximate surface area is 147 Å². The summed E-state index contributed by atoms with van der Waals surface area (Å²) in [6, 6.07) is 0. The summed E-state index contributed by atoms with van der Waals surface area (Å²) in [6.45, 7) is 6.41. The molecule has 0 fully saturated rings. The number of rotatable bonds is 4. The monoisotopic (exact) mass is 376 g/mol. The molecule has 24 heavy (non-hydrogen) atoms. The highest BCUT2D eigenvalue weighted by Gasteiger charge is 2.40. The maximum absolute atomic E-state index is 13.8. The molecule has 0 aromatic carbocycles. The number of halogens is 3. The lowest BCUT2D eigenvalue weighted by molar-refractivity contribution is -0.137.